The van der Waals surface area contributed by atoms with Crippen LogP contribution >= 0.6 is 0 Å². The predicted molar refractivity (Wildman–Crippen MR) is 98.4 cm³/mol. The van der Waals surface area contributed by atoms with Crippen LogP contribution in [0.15, 0.2) is 22.6 Å². The highest BCUT2D eigenvalue weighted by Gasteiger charge is 2.38. The van der Waals surface area contributed by atoms with Gasteiger partial charge in [-0.05, 0) is 38.8 Å². The maximum atomic E-state index is 12.8. The molecule has 3 heterocycles. The summed E-state index contributed by atoms with van der Waals surface area (Å²) in [5.41, 5.74) is 2.80. The number of nitrogens with zero attached hydrogens (tertiary/aromatic N) is 1. The maximum absolute atomic E-state index is 12.8. The summed E-state index contributed by atoms with van der Waals surface area (Å²) in [6.07, 6.45) is 1.64. The molecule has 2 saturated heterocycles. The Morgan fingerprint density at radius 1 is 1.35 bits per heavy atom. The Hall–Kier alpha value is -1.89. The molecule has 2 fully saturated rings. The SMILES string of the molecule is Cc1ccc2oc(C(=O)N[C@H]3C[C@H]4CO[C@@H](CCO)CN4C3)c(C)c2c1. The van der Waals surface area contributed by atoms with Crippen molar-refractivity contribution in [2.45, 2.75) is 44.9 Å². The van der Waals surface area contributed by atoms with Crippen molar-refractivity contribution in [3.8, 4) is 0 Å². The Kier molecular flexibility index (Phi) is 4.73. The van der Waals surface area contributed by atoms with Crippen LogP contribution in [-0.2, 0) is 4.74 Å². The van der Waals surface area contributed by atoms with E-state index >= 15 is 0 Å². The summed E-state index contributed by atoms with van der Waals surface area (Å²) in [6.45, 7) is 6.42. The molecule has 0 aliphatic carbocycles. The van der Waals surface area contributed by atoms with E-state index in [4.69, 9.17) is 14.3 Å². The molecule has 3 atom stereocenters. The van der Waals surface area contributed by atoms with Crippen molar-refractivity contribution in [2.24, 2.45) is 0 Å². The molecule has 1 aromatic carbocycles. The van der Waals surface area contributed by atoms with Crippen LogP contribution in [0.3, 0.4) is 0 Å². The molecule has 26 heavy (non-hydrogen) atoms. The molecule has 1 amide bonds. The van der Waals surface area contributed by atoms with E-state index in [1.54, 1.807) is 0 Å². The van der Waals surface area contributed by atoms with Crippen LogP contribution in [-0.4, -0.2) is 60.4 Å². The third kappa shape index (κ3) is 3.24. The molecular formula is C20H26N2O4. The lowest BCUT2D eigenvalue weighted by atomic mass is 10.1. The van der Waals surface area contributed by atoms with Crippen molar-refractivity contribution in [1.82, 2.24) is 10.2 Å². The van der Waals surface area contributed by atoms with Gasteiger partial charge in [-0.15, -0.1) is 0 Å². The van der Waals surface area contributed by atoms with E-state index < -0.39 is 0 Å². The van der Waals surface area contributed by atoms with Gasteiger partial charge < -0.3 is 19.6 Å². The summed E-state index contributed by atoms with van der Waals surface area (Å²) in [5.74, 6) is 0.263. The van der Waals surface area contributed by atoms with Crippen molar-refractivity contribution in [3.05, 3.63) is 35.1 Å². The van der Waals surface area contributed by atoms with Crippen LogP contribution in [0.1, 0.15) is 34.5 Å². The highest BCUT2D eigenvalue weighted by atomic mass is 16.5. The number of fused-ring (bicyclic) bond motifs is 2. The first-order valence-corrected chi connectivity index (χ1v) is 9.32. The summed E-state index contributed by atoms with van der Waals surface area (Å²) in [4.78, 5) is 15.1. The average Bonchev–Trinajstić information content (AvgIpc) is 3.15. The number of aliphatic hydroxyl groups is 1. The van der Waals surface area contributed by atoms with Crippen molar-refractivity contribution < 1.29 is 19.1 Å². The number of furan rings is 1. The maximum Gasteiger partial charge on any atom is 0.287 e. The van der Waals surface area contributed by atoms with Crippen LogP contribution in [0.2, 0.25) is 0 Å². The first-order chi connectivity index (χ1) is 12.5. The van der Waals surface area contributed by atoms with Crippen LogP contribution in [0, 0.1) is 13.8 Å². The predicted octanol–water partition coefficient (Wildman–Crippen LogP) is 2.00. The van der Waals surface area contributed by atoms with Crippen molar-refractivity contribution in [2.75, 3.05) is 26.3 Å². The number of benzene rings is 1. The van der Waals surface area contributed by atoms with Crippen LogP contribution < -0.4 is 5.32 Å². The third-order valence-electron chi connectivity index (χ3n) is 5.57. The summed E-state index contributed by atoms with van der Waals surface area (Å²) in [5, 5.41) is 13.2. The number of morpholine rings is 1. The van der Waals surface area contributed by atoms with Gasteiger partial charge >= 0.3 is 0 Å². The van der Waals surface area contributed by atoms with Gasteiger partial charge in [0.25, 0.3) is 5.91 Å². The molecule has 6 nitrogen and oxygen atoms in total. The van der Waals surface area contributed by atoms with E-state index in [1.165, 1.54) is 0 Å². The number of aryl methyl sites for hydroxylation is 2. The van der Waals surface area contributed by atoms with Gasteiger partial charge in [0.2, 0.25) is 0 Å². The molecule has 0 bridgehead atoms. The van der Waals surface area contributed by atoms with Crippen LogP contribution in [0.5, 0.6) is 0 Å². The molecule has 2 aliphatic heterocycles. The van der Waals surface area contributed by atoms with Gasteiger partial charge in [0.05, 0.1) is 12.7 Å². The molecule has 2 aromatic rings. The number of aliphatic hydroxyl groups excluding tert-OH is 1. The van der Waals surface area contributed by atoms with E-state index in [1.807, 2.05) is 26.0 Å². The fourth-order valence-corrected chi connectivity index (χ4v) is 4.17. The molecule has 2 aliphatic rings. The lowest BCUT2D eigenvalue weighted by Gasteiger charge is -2.34. The molecule has 0 saturated carbocycles. The molecule has 6 heteroatoms. The van der Waals surface area contributed by atoms with Gasteiger partial charge in [0, 0.05) is 42.7 Å². The second kappa shape index (κ2) is 7.02. The topological polar surface area (TPSA) is 74.9 Å². The first-order valence-electron chi connectivity index (χ1n) is 9.32. The molecular weight excluding hydrogens is 332 g/mol. The van der Waals surface area contributed by atoms with E-state index in [9.17, 15) is 4.79 Å². The Morgan fingerprint density at radius 3 is 3.00 bits per heavy atom. The second-order valence-electron chi connectivity index (χ2n) is 7.54. The van der Waals surface area contributed by atoms with E-state index in [0.29, 0.717) is 24.8 Å². The minimum absolute atomic E-state index is 0.0894. The van der Waals surface area contributed by atoms with Gasteiger partial charge in [-0.1, -0.05) is 11.6 Å². The molecule has 4 rings (SSSR count). The third-order valence-corrected chi connectivity index (χ3v) is 5.57. The Labute approximate surface area is 153 Å². The molecule has 0 spiro atoms. The fraction of sp³-hybridized carbons (Fsp3) is 0.550. The number of hydrogen-bond donors (Lipinski definition) is 2. The van der Waals surface area contributed by atoms with Gasteiger partial charge in [-0.2, -0.15) is 0 Å². The number of nitrogens with one attached hydrogen (secondary N) is 1. The molecule has 1 aromatic heterocycles. The standard InChI is InChI=1S/C20H26N2O4/c1-12-3-4-18-17(7-12)13(2)19(26-18)20(24)21-14-8-15-11-25-16(5-6-23)10-22(15)9-14/h3-4,7,14-16,23H,5-6,8-11H2,1-2H3,(H,21,24)/t14-,15-,16-/m0/s1. The van der Waals surface area contributed by atoms with E-state index in [0.717, 1.165) is 41.6 Å². The summed E-state index contributed by atoms with van der Waals surface area (Å²) in [6, 6.07) is 6.40. The molecule has 0 unspecified atom stereocenters. The van der Waals surface area contributed by atoms with Gasteiger partial charge in [-0.3, -0.25) is 9.69 Å². The normalized spacial score (nSPS) is 26.2. The quantitative estimate of drug-likeness (QED) is 0.874. The number of amides is 1. The summed E-state index contributed by atoms with van der Waals surface area (Å²) >= 11 is 0. The molecule has 140 valence electrons. The number of carbonyl (C=O) groups excluding carboxylic acids is 1. The number of rotatable bonds is 4. The zero-order valence-corrected chi connectivity index (χ0v) is 15.3. The van der Waals surface area contributed by atoms with E-state index in [-0.39, 0.29) is 24.7 Å². The highest BCUT2D eigenvalue weighted by molar-refractivity contribution is 5.99. The first kappa shape index (κ1) is 17.5. The minimum atomic E-state index is -0.144. The Balaban J connectivity index is 1.44. The van der Waals surface area contributed by atoms with Crippen molar-refractivity contribution in [1.29, 1.82) is 0 Å². The van der Waals surface area contributed by atoms with Crippen LogP contribution in [0.4, 0.5) is 0 Å². The van der Waals surface area contributed by atoms with Crippen LogP contribution in [0.25, 0.3) is 11.0 Å². The zero-order chi connectivity index (χ0) is 18.3. The van der Waals surface area contributed by atoms with Gasteiger partial charge in [0.15, 0.2) is 5.76 Å². The average molecular weight is 358 g/mol. The molecule has 0 radical (unpaired) electrons. The lowest BCUT2D eigenvalue weighted by Crippen LogP contribution is -2.46. The number of ether oxygens (including phenoxy) is 1. The van der Waals surface area contributed by atoms with Crippen molar-refractivity contribution in [3.63, 3.8) is 0 Å². The summed E-state index contributed by atoms with van der Waals surface area (Å²) in [7, 11) is 0. The smallest absolute Gasteiger partial charge is 0.287 e. The van der Waals surface area contributed by atoms with E-state index in [2.05, 4.69) is 16.3 Å². The molecule has 2 N–H and O–H groups in total. The highest BCUT2D eigenvalue weighted by Crippen LogP contribution is 2.28. The number of carbonyl (C=O) groups is 1. The van der Waals surface area contributed by atoms with Gasteiger partial charge in [-0.25, -0.2) is 0 Å². The fourth-order valence-electron chi connectivity index (χ4n) is 4.17. The second-order valence-corrected chi connectivity index (χ2v) is 7.54. The van der Waals surface area contributed by atoms with Crippen molar-refractivity contribution >= 4 is 16.9 Å². The van der Waals surface area contributed by atoms with Gasteiger partial charge in [0.1, 0.15) is 5.58 Å². The zero-order valence-electron chi connectivity index (χ0n) is 15.3. The minimum Gasteiger partial charge on any atom is -0.451 e. The Morgan fingerprint density at radius 2 is 2.19 bits per heavy atom. The Bertz CT molecular complexity index is 815. The number of hydrogen-bond acceptors (Lipinski definition) is 5. The monoisotopic (exact) mass is 358 g/mol. The lowest BCUT2D eigenvalue weighted by molar-refractivity contribution is -0.0566. The summed E-state index contributed by atoms with van der Waals surface area (Å²) < 4.78 is 11.6. The largest absolute Gasteiger partial charge is 0.451 e.